The first kappa shape index (κ1) is 77.7. The van der Waals surface area contributed by atoms with Crippen molar-refractivity contribution in [1.29, 1.82) is 5.26 Å². The molecule has 2 aromatic rings. The SMILES string of the molecule is CC(C)C1CCN(CC(F)(F)F)CC1.CC(C)C1CCN(CC(O)(C(F)(F)F)C(F)(F)F)CC1.CC(C)C1CCN(Cc2ccnc(C#N)c2)CC1.CC(C)C1CCN(Cc2csc(C(F)(F)F)n2)CC1.CC(C)[C@@H]1CCCN(C(=O)OC(C)(C)C)C1. The van der Waals surface area contributed by atoms with Crippen molar-refractivity contribution < 1.29 is 67.3 Å². The van der Waals surface area contributed by atoms with E-state index in [0.717, 1.165) is 87.5 Å². The summed E-state index contributed by atoms with van der Waals surface area (Å²) in [6.07, 6.45) is -8.14. The number of thiazole rings is 1. The predicted octanol–water partition coefficient (Wildman–Crippen LogP) is 16.3. The largest absolute Gasteiger partial charge is 0.444 e. The smallest absolute Gasteiger partial charge is 0.443 e. The summed E-state index contributed by atoms with van der Waals surface area (Å²) in [4.78, 5) is 28.7. The lowest BCUT2D eigenvalue weighted by Crippen LogP contribution is -2.63. The van der Waals surface area contributed by atoms with Gasteiger partial charge in [-0.2, -0.15) is 57.9 Å². The third-order valence-corrected chi connectivity index (χ3v) is 18.6. The summed E-state index contributed by atoms with van der Waals surface area (Å²) in [6.45, 7) is 34.3. The number of halogens is 12. The fourth-order valence-corrected chi connectivity index (χ4v) is 12.4. The molecule has 5 saturated heterocycles. The molecule has 11 nitrogen and oxygen atoms in total. The lowest BCUT2D eigenvalue weighted by molar-refractivity contribution is -0.371. The monoisotopic (exact) mass is 1280 g/mol. The topological polar surface area (TPSA) is 112 Å². The van der Waals surface area contributed by atoms with Gasteiger partial charge in [-0.3, -0.25) is 19.6 Å². The van der Waals surface area contributed by atoms with Crippen LogP contribution in [0.1, 0.15) is 176 Å². The average Bonchev–Trinajstić information content (AvgIpc) is 1.33. The Hall–Kier alpha value is -3.50. The van der Waals surface area contributed by atoms with E-state index in [1.54, 1.807) is 6.20 Å². The molecule has 0 unspecified atom stereocenters. The fourth-order valence-electron chi connectivity index (χ4n) is 11.7. The highest BCUT2D eigenvalue weighted by Gasteiger charge is 2.70. The van der Waals surface area contributed by atoms with Gasteiger partial charge in [0.1, 0.15) is 17.4 Å². The average molecular weight is 1280 g/mol. The van der Waals surface area contributed by atoms with Gasteiger partial charge in [-0.25, -0.2) is 14.8 Å². The molecule has 1 N–H and O–H groups in total. The number of nitrogens with zero attached hydrogens (tertiary/aromatic N) is 8. The van der Waals surface area contributed by atoms with E-state index in [0.29, 0.717) is 96.6 Å². The first-order valence-electron chi connectivity index (χ1n) is 31.3. The van der Waals surface area contributed by atoms with Crippen LogP contribution in [0.5, 0.6) is 0 Å². The van der Waals surface area contributed by atoms with Gasteiger partial charge in [0.15, 0.2) is 5.01 Å². The van der Waals surface area contributed by atoms with Gasteiger partial charge in [0.2, 0.25) is 0 Å². The Kier molecular flexibility index (Phi) is 31.1. The van der Waals surface area contributed by atoms with Crippen molar-refractivity contribution in [3.8, 4) is 6.07 Å². The Morgan fingerprint density at radius 3 is 1.37 bits per heavy atom. The lowest BCUT2D eigenvalue weighted by atomic mass is 9.86. The standard InChI is InChI=1S/C15H21N3.C13H19F3N2S.C13H25NO2.C12H19F6NO.C10H18F3N/c1-12(2)14-4-7-18(8-5-14)11-13-3-6-17-15(9-13)10-16;1-9(2)10-3-5-18(6-4-10)7-11-8-19-12(17-11)13(14,15)16;1-10(2)11-7-6-8-14(9-11)12(15)16-13(3,4)5;1-8(2)9-3-5-19(6-4-9)7-10(20,11(13,14)15)12(16,17)18;1-8(2)9-3-5-14(6-4-9)7-10(11,12)13/h3,6,9,12,14H,4-5,7-8,11H2,1-2H3;8-10H,3-7H2,1-2H3;10-11H,6-9H2,1-5H3;8-9,20H,3-7H2,1-2H3;8-9H,3-7H2,1-2H3/t;;11-;;/m..1../s1. The third kappa shape index (κ3) is 27.9. The van der Waals surface area contributed by atoms with E-state index in [2.05, 4.69) is 81.2 Å². The van der Waals surface area contributed by atoms with Crippen molar-refractivity contribution in [2.24, 2.45) is 59.2 Å². The number of β-amino-alcohol motifs (C(OH)–C–C–N with tert-alkyl or cyclic N) is 1. The predicted molar refractivity (Wildman–Crippen MR) is 318 cm³/mol. The van der Waals surface area contributed by atoms with Crippen molar-refractivity contribution in [2.45, 2.75) is 203 Å². The number of pyridine rings is 1. The highest BCUT2D eigenvalue weighted by molar-refractivity contribution is 7.09. The van der Waals surface area contributed by atoms with Gasteiger partial charge in [-0.1, -0.05) is 69.2 Å². The molecule has 1 amide bonds. The molecule has 502 valence electrons. The maximum atomic E-state index is 12.6. The molecule has 0 radical (unpaired) electrons. The number of alkyl halides is 12. The second-order valence-corrected chi connectivity index (χ2v) is 28.1. The molecule has 7 heterocycles. The van der Waals surface area contributed by atoms with E-state index in [4.69, 9.17) is 15.1 Å². The van der Waals surface area contributed by atoms with Crippen molar-refractivity contribution in [1.82, 2.24) is 34.5 Å². The summed E-state index contributed by atoms with van der Waals surface area (Å²) in [5, 5.41) is 18.7. The van der Waals surface area contributed by atoms with Gasteiger partial charge in [-0.05, 0) is 214 Å². The number of hydrogen-bond donors (Lipinski definition) is 1. The normalized spacial score (nSPS) is 20.3. The van der Waals surface area contributed by atoms with Gasteiger partial charge >= 0.3 is 30.8 Å². The second-order valence-electron chi connectivity index (χ2n) is 27.3. The maximum absolute atomic E-state index is 12.6. The minimum Gasteiger partial charge on any atom is -0.444 e. The minimum atomic E-state index is -5.74. The highest BCUT2D eigenvalue weighted by atomic mass is 32.1. The molecular formula is C63H102F12N8O3S. The molecule has 0 aliphatic carbocycles. The van der Waals surface area contributed by atoms with Gasteiger partial charge in [0.05, 0.1) is 12.2 Å². The molecule has 7 rings (SSSR count). The van der Waals surface area contributed by atoms with Crippen LogP contribution < -0.4 is 0 Å². The molecule has 24 heteroatoms. The van der Waals surface area contributed by atoms with Crippen LogP contribution in [0.3, 0.4) is 0 Å². The first-order valence-corrected chi connectivity index (χ1v) is 32.2. The number of ether oxygens (including phenoxy) is 1. The summed E-state index contributed by atoms with van der Waals surface area (Å²) in [5.41, 5.74) is -2.79. The Labute approximate surface area is 515 Å². The zero-order chi connectivity index (χ0) is 65.9. The molecule has 0 spiro atoms. The van der Waals surface area contributed by atoms with E-state index in [1.165, 1.54) is 48.2 Å². The molecule has 0 aromatic carbocycles. The van der Waals surface area contributed by atoms with Crippen molar-refractivity contribution in [2.75, 3.05) is 78.5 Å². The van der Waals surface area contributed by atoms with Gasteiger partial charge in [0.25, 0.3) is 5.60 Å². The summed E-state index contributed by atoms with van der Waals surface area (Å²) in [6, 6.07) is 6.00. The summed E-state index contributed by atoms with van der Waals surface area (Å²) in [5.74, 6) is 6.26. The Balaban J connectivity index is 0.000000286. The zero-order valence-electron chi connectivity index (χ0n) is 53.8. The quantitative estimate of drug-likeness (QED) is 0.206. The van der Waals surface area contributed by atoms with Crippen LogP contribution >= 0.6 is 11.3 Å². The number of aliphatic hydroxyl groups is 1. The molecule has 2 aromatic heterocycles. The molecule has 5 aliphatic rings. The molecule has 1 atom stereocenters. The van der Waals surface area contributed by atoms with Crippen LogP contribution in [0.25, 0.3) is 0 Å². The Morgan fingerprint density at radius 2 is 1.01 bits per heavy atom. The second kappa shape index (κ2) is 34.8. The minimum absolute atomic E-state index is 0.136. The first-order chi connectivity index (χ1) is 40.1. The van der Waals surface area contributed by atoms with E-state index >= 15 is 0 Å². The van der Waals surface area contributed by atoms with Crippen LogP contribution in [-0.4, -0.2) is 154 Å². The van der Waals surface area contributed by atoms with Crippen LogP contribution in [-0.2, 0) is 24.0 Å². The molecule has 0 bridgehead atoms. The maximum Gasteiger partial charge on any atom is 0.443 e. The fraction of sp³-hybridized carbons (Fsp3) is 0.841. The van der Waals surface area contributed by atoms with Gasteiger partial charge in [-0.15, -0.1) is 11.3 Å². The molecular weight excluding hydrogens is 1180 g/mol. The number of nitriles is 1. The van der Waals surface area contributed by atoms with E-state index in [-0.39, 0.29) is 24.8 Å². The van der Waals surface area contributed by atoms with E-state index < -0.39 is 48.4 Å². The number of carbonyl (C=O) groups excluding carboxylic acids is 1. The van der Waals surface area contributed by atoms with Gasteiger partial charge in [0, 0.05) is 44.3 Å². The van der Waals surface area contributed by atoms with Crippen molar-refractivity contribution in [3.05, 3.63) is 45.7 Å². The summed E-state index contributed by atoms with van der Waals surface area (Å²) in [7, 11) is 0. The Morgan fingerprint density at radius 1 is 0.609 bits per heavy atom. The molecule has 5 fully saturated rings. The van der Waals surface area contributed by atoms with E-state index in [9.17, 15) is 57.5 Å². The number of aromatic nitrogens is 2. The van der Waals surface area contributed by atoms with Crippen molar-refractivity contribution >= 4 is 17.4 Å². The number of amides is 1. The van der Waals surface area contributed by atoms with E-state index in [1.807, 2.05) is 51.7 Å². The summed E-state index contributed by atoms with van der Waals surface area (Å²) >= 11 is 0.688. The van der Waals surface area contributed by atoms with Crippen LogP contribution in [0.4, 0.5) is 57.5 Å². The van der Waals surface area contributed by atoms with Crippen LogP contribution in [0.2, 0.25) is 0 Å². The van der Waals surface area contributed by atoms with Crippen LogP contribution in [0.15, 0.2) is 23.7 Å². The number of rotatable bonds is 12. The third-order valence-electron chi connectivity index (χ3n) is 17.7. The number of carbonyl (C=O) groups is 1. The molecule has 87 heavy (non-hydrogen) atoms. The zero-order valence-corrected chi connectivity index (χ0v) is 54.7. The molecule has 0 saturated carbocycles. The summed E-state index contributed by atoms with van der Waals surface area (Å²) < 4.78 is 154. The number of piperidine rings is 5. The molecule has 5 aliphatic heterocycles. The van der Waals surface area contributed by atoms with Crippen LogP contribution in [0, 0.1) is 70.5 Å². The lowest BCUT2D eigenvalue weighted by Gasteiger charge is -2.40. The van der Waals surface area contributed by atoms with Gasteiger partial charge < -0.3 is 14.7 Å². The number of likely N-dealkylation sites (tertiary alicyclic amines) is 5. The highest BCUT2D eigenvalue weighted by Crippen LogP contribution is 2.44. The number of hydrogen-bond acceptors (Lipinski definition) is 11. The van der Waals surface area contributed by atoms with Crippen molar-refractivity contribution in [3.63, 3.8) is 0 Å². The Bertz CT molecular complexity index is 2290.